The number of piperazine rings is 1. The highest BCUT2D eigenvalue weighted by Gasteiger charge is 2.31. The molecule has 1 aliphatic heterocycles. The molecule has 1 N–H and O–H groups in total. The Morgan fingerprint density at radius 3 is 2.94 bits per heavy atom. The van der Waals surface area contributed by atoms with Crippen molar-refractivity contribution in [2.45, 2.75) is 4.90 Å². The van der Waals surface area contributed by atoms with Gasteiger partial charge in [0.25, 0.3) is 0 Å². The van der Waals surface area contributed by atoms with E-state index >= 15 is 0 Å². The molecule has 7 nitrogen and oxygen atoms in total. The first kappa shape index (κ1) is 12.5. The van der Waals surface area contributed by atoms with Crippen LogP contribution in [-0.4, -0.2) is 43.2 Å². The van der Waals surface area contributed by atoms with Crippen LogP contribution in [0.15, 0.2) is 23.2 Å². The molecule has 0 aromatic carbocycles. The summed E-state index contributed by atoms with van der Waals surface area (Å²) in [5.74, 6) is -0.354. The topological polar surface area (TPSA) is 103 Å². The van der Waals surface area contributed by atoms with Crippen LogP contribution in [0.4, 0.5) is 0 Å². The molecule has 94 valence electrons. The van der Waals surface area contributed by atoms with E-state index in [0.29, 0.717) is 0 Å². The van der Waals surface area contributed by atoms with Crippen molar-refractivity contribution in [2.75, 3.05) is 19.6 Å². The molecule has 0 unspecified atom stereocenters. The van der Waals surface area contributed by atoms with Gasteiger partial charge in [-0.05, 0) is 12.1 Å². The van der Waals surface area contributed by atoms with Gasteiger partial charge in [0.1, 0.15) is 11.0 Å². The summed E-state index contributed by atoms with van der Waals surface area (Å²) in [6.07, 6.45) is 1.35. The van der Waals surface area contributed by atoms with Crippen molar-refractivity contribution in [1.82, 2.24) is 14.6 Å². The molecule has 2 heterocycles. The second-order valence-corrected chi connectivity index (χ2v) is 5.56. The lowest BCUT2D eigenvalue weighted by molar-refractivity contribution is -0.122. The van der Waals surface area contributed by atoms with Crippen LogP contribution in [0.2, 0.25) is 0 Å². The van der Waals surface area contributed by atoms with Crippen molar-refractivity contribution in [3.8, 4) is 6.07 Å². The Balaban J connectivity index is 2.42. The second kappa shape index (κ2) is 4.72. The monoisotopic (exact) mass is 266 g/mol. The largest absolute Gasteiger partial charge is 0.354 e. The molecule has 1 aromatic rings. The number of amides is 1. The van der Waals surface area contributed by atoms with Gasteiger partial charge < -0.3 is 5.32 Å². The minimum Gasteiger partial charge on any atom is -0.354 e. The number of aromatic nitrogens is 1. The summed E-state index contributed by atoms with van der Waals surface area (Å²) in [6.45, 7) is 0.218. The number of carbonyl (C=O) groups is 1. The van der Waals surface area contributed by atoms with Crippen LogP contribution in [0, 0.1) is 11.3 Å². The molecule has 0 aliphatic carbocycles. The molecular formula is C10H10N4O3S. The van der Waals surface area contributed by atoms with E-state index in [9.17, 15) is 13.2 Å². The zero-order valence-corrected chi connectivity index (χ0v) is 10.1. The molecule has 1 saturated heterocycles. The van der Waals surface area contributed by atoms with Gasteiger partial charge in [-0.2, -0.15) is 9.57 Å². The molecule has 0 bridgehead atoms. The molecule has 18 heavy (non-hydrogen) atoms. The van der Waals surface area contributed by atoms with E-state index in [2.05, 4.69) is 10.3 Å². The van der Waals surface area contributed by atoms with Gasteiger partial charge in [-0.15, -0.1) is 0 Å². The van der Waals surface area contributed by atoms with Crippen LogP contribution in [0.5, 0.6) is 0 Å². The van der Waals surface area contributed by atoms with Crippen molar-refractivity contribution >= 4 is 15.9 Å². The van der Waals surface area contributed by atoms with Crippen molar-refractivity contribution in [3.63, 3.8) is 0 Å². The standard InChI is InChI=1S/C10H10N4O3S/c11-6-8-9(2-1-3-12-8)18(16,17)14-5-4-13-10(15)7-14/h1-3H,4-5,7H2,(H,13,15). The highest BCUT2D eigenvalue weighted by molar-refractivity contribution is 7.89. The fourth-order valence-electron chi connectivity index (χ4n) is 1.64. The number of nitrogens with one attached hydrogen (secondary N) is 1. The fraction of sp³-hybridized carbons (Fsp3) is 0.300. The van der Waals surface area contributed by atoms with Crippen molar-refractivity contribution < 1.29 is 13.2 Å². The fourth-order valence-corrected chi connectivity index (χ4v) is 3.13. The van der Waals surface area contributed by atoms with E-state index in [1.165, 1.54) is 18.3 Å². The van der Waals surface area contributed by atoms with E-state index in [4.69, 9.17) is 5.26 Å². The first-order valence-electron chi connectivity index (χ1n) is 5.17. The van der Waals surface area contributed by atoms with Gasteiger partial charge in [-0.1, -0.05) is 0 Å². The van der Waals surface area contributed by atoms with Gasteiger partial charge in [0.2, 0.25) is 15.9 Å². The summed E-state index contributed by atoms with van der Waals surface area (Å²) in [4.78, 5) is 14.8. The van der Waals surface area contributed by atoms with E-state index < -0.39 is 10.0 Å². The summed E-state index contributed by atoms with van der Waals surface area (Å²) in [5, 5.41) is 11.4. The van der Waals surface area contributed by atoms with Gasteiger partial charge in [0.05, 0.1) is 6.54 Å². The molecular weight excluding hydrogens is 256 g/mol. The minimum atomic E-state index is -3.85. The van der Waals surface area contributed by atoms with Crippen LogP contribution >= 0.6 is 0 Å². The van der Waals surface area contributed by atoms with Gasteiger partial charge in [0, 0.05) is 19.3 Å². The average molecular weight is 266 g/mol. The lowest BCUT2D eigenvalue weighted by Crippen LogP contribution is -2.49. The van der Waals surface area contributed by atoms with E-state index in [1.54, 1.807) is 6.07 Å². The van der Waals surface area contributed by atoms with Gasteiger partial charge in [-0.25, -0.2) is 13.4 Å². The molecule has 1 amide bonds. The highest BCUT2D eigenvalue weighted by Crippen LogP contribution is 2.18. The Morgan fingerprint density at radius 2 is 2.28 bits per heavy atom. The lowest BCUT2D eigenvalue weighted by atomic mass is 10.4. The normalized spacial score (nSPS) is 16.9. The summed E-state index contributed by atoms with van der Waals surface area (Å²) >= 11 is 0. The van der Waals surface area contributed by atoms with Gasteiger partial charge in [0.15, 0.2) is 5.69 Å². The average Bonchev–Trinajstić information content (AvgIpc) is 2.38. The summed E-state index contributed by atoms with van der Waals surface area (Å²) in [7, 11) is -3.85. The number of pyridine rings is 1. The zero-order chi connectivity index (χ0) is 13.2. The van der Waals surface area contributed by atoms with Crippen molar-refractivity contribution in [1.29, 1.82) is 5.26 Å². The van der Waals surface area contributed by atoms with E-state index in [1.807, 2.05) is 0 Å². The predicted octanol–water partition coefficient (Wildman–Crippen LogP) is -0.926. The molecule has 1 aromatic heterocycles. The molecule has 8 heteroatoms. The third kappa shape index (κ3) is 2.18. The maximum atomic E-state index is 12.3. The third-order valence-corrected chi connectivity index (χ3v) is 4.37. The molecule has 1 aliphatic rings. The highest BCUT2D eigenvalue weighted by atomic mass is 32.2. The Labute approximate surface area is 104 Å². The van der Waals surface area contributed by atoms with Crippen LogP contribution < -0.4 is 5.32 Å². The summed E-state index contributed by atoms with van der Waals surface area (Å²) < 4.78 is 25.6. The molecule has 0 atom stereocenters. The van der Waals surface area contributed by atoms with Gasteiger partial charge in [-0.3, -0.25) is 4.79 Å². The van der Waals surface area contributed by atoms with Gasteiger partial charge >= 0.3 is 0 Å². The van der Waals surface area contributed by atoms with Crippen molar-refractivity contribution in [2.24, 2.45) is 0 Å². The van der Waals surface area contributed by atoms with Crippen LogP contribution in [0.1, 0.15) is 5.69 Å². The molecule has 0 saturated carbocycles. The molecule has 1 fully saturated rings. The molecule has 2 rings (SSSR count). The smallest absolute Gasteiger partial charge is 0.246 e. The number of rotatable bonds is 2. The lowest BCUT2D eigenvalue weighted by Gasteiger charge is -2.25. The van der Waals surface area contributed by atoms with Crippen LogP contribution in [0.25, 0.3) is 0 Å². The Hall–Kier alpha value is -1.98. The number of hydrogen-bond donors (Lipinski definition) is 1. The third-order valence-electron chi connectivity index (χ3n) is 2.50. The number of nitrogens with zero attached hydrogens (tertiary/aromatic N) is 3. The predicted molar refractivity (Wildman–Crippen MR) is 60.7 cm³/mol. The number of carbonyl (C=O) groups excluding carboxylic acids is 1. The second-order valence-electron chi connectivity index (χ2n) is 3.65. The van der Waals surface area contributed by atoms with Crippen LogP contribution in [-0.2, 0) is 14.8 Å². The zero-order valence-electron chi connectivity index (χ0n) is 9.33. The molecule has 0 spiro atoms. The van der Waals surface area contributed by atoms with E-state index in [-0.39, 0.29) is 36.1 Å². The summed E-state index contributed by atoms with van der Waals surface area (Å²) in [5.41, 5.74) is -0.163. The quantitative estimate of drug-likeness (QED) is 0.745. The minimum absolute atomic E-state index is 0.163. The number of hydrogen-bond acceptors (Lipinski definition) is 5. The maximum absolute atomic E-state index is 12.3. The Bertz CT molecular complexity index is 620. The molecule has 0 radical (unpaired) electrons. The number of sulfonamides is 1. The van der Waals surface area contributed by atoms with Crippen molar-refractivity contribution in [3.05, 3.63) is 24.0 Å². The Morgan fingerprint density at radius 1 is 1.50 bits per heavy atom. The van der Waals surface area contributed by atoms with Crippen LogP contribution in [0.3, 0.4) is 0 Å². The SMILES string of the molecule is N#Cc1ncccc1S(=O)(=O)N1CCNC(=O)C1. The maximum Gasteiger partial charge on any atom is 0.246 e. The first-order chi connectivity index (χ1) is 8.55. The number of nitriles is 1. The Kier molecular flexibility index (Phi) is 3.27. The van der Waals surface area contributed by atoms with E-state index in [0.717, 1.165) is 4.31 Å². The first-order valence-corrected chi connectivity index (χ1v) is 6.61. The summed E-state index contributed by atoms with van der Waals surface area (Å²) in [6, 6.07) is 4.49.